The molecule has 0 radical (unpaired) electrons. The molecule has 6 nitrogen and oxygen atoms in total. The summed E-state index contributed by atoms with van der Waals surface area (Å²) >= 11 is 0. The van der Waals surface area contributed by atoms with Gasteiger partial charge < -0.3 is 10.2 Å². The van der Waals surface area contributed by atoms with Gasteiger partial charge in [0, 0.05) is 50.4 Å². The molecule has 1 amide bonds. The van der Waals surface area contributed by atoms with E-state index in [1.165, 1.54) is 0 Å². The first-order valence-corrected chi connectivity index (χ1v) is 9.36. The number of hydrogen-bond donors (Lipinski definition) is 1. The minimum atomic E-state index is 0.208. The Morgan fingerprint density at radius 1 is 1.19 bits per heavy atom. The van der Waals surface area contributed by atoms with Crippen LogP contribution in [0.5, 0.6) is 0 Å². The van der Waals surface area contributed by atoms with Crippen LogP contribution in [0.4, 0.5) is 5.82 Å². The molecule has 2 aromatic heterocycles. The summed E-state index contributed by atoms with van der Waals surface area (Å²) < 4.78 is 0. The van der Waals surface area contributed by atoms with Crippen LogP contribution in [0.2, 0.25) is 0 Å². The molecule has 26 heavy (non-hydrogen) atoms. The topological polar surface area (TPSA) is 71.0 Å². The van der Waals surface area contributed by atoms with E-state index < -0.39 is 0 Å². The lowest BCUT2D eigenvalue weighted by atomic mass is 10.1. The van der Waals surface area contributed by atoms with Gasteiger partial charge in [-0.15, -0.1) is 0 Å². The Bertz CT molecular complexity index is 732. The first-order valence-electron chi connectivity index (χ1n) is 9.36. The van der Waals surface area contributed by atoms with Crippen molar-refractivity contribution >= 4 is 11.7 Å². The number of fused-ring (bicyclic) bond motifs is 1. The van der Waals surface area contributed by atoms with Crippen molar-refractivity contribution in [1.82, 2.24) is 19.9 Å². The lowest BCUT2D eigenvalue weighted by Gasteiger charge is -2.20. The number of carbonyl (C=O) groups excluding carboxylic acids is 1. The Hall–Kier alpha value is -2.50. The van der Waals surface area contributed by atoms with Crippen LogP contribution in [0.1, 0.15) is 37.1 Å². The lowest BCUT2D eigenvalue weighted by Crippen LogP contribution is -2.33. The molecule has 1 aliphatic heterocycles. The molecular weight excluding hydrogens is 326 g/mol. The number of nitrogens with one attached hydrogen (secondary N) is 1. The fourth-order valence-corrected chi connectivity index (χ4v) is 3.19. The molecule has 0 bridgehead atoms. The minimum Gasteiger partial charge on any atom is -0.369 e. The van der Waals surface area contributed by atoms with Crippen LogP contribution in [0.25, 0.3) is 0 Å². The maximum absolute atomic E-state index is 12.6. The highest BCUT2D eigenvalue weighted by Crippen LogP contribution is 2.21. The number of amides is 1. The molecule has 2 aromatic rings. The van der Waals surface area contributed by atoms with Crippen molar-refractivity contribution in [2.24, 2.45) is 5.92 Å². The number of hydrogen-bond acceptors (Lipinski definition) is 5. The normalized spacial score (nSPS) is 14.0. The minimum absolute atomic E-state index is 0.208. The Balaban J connectivity index is 1.60. The van der Waals surface area contributed by atoms with E-state index in [0.717, 1.165) is 61.5 Å². The van der Waals surface area contributed by atoms with E-state index >= 15 is 0 Å². The van der Waals surface area contributed by atoms with E-state index in [1.54, 1.807) is 18.7 Å². The third-order valence-electron chi connectivity index (χ3n) is 4.69. The summed E-state index contributed by atoms with van der Waals surface area (Å²) in [6.07, 6.45) is 8.05. The fraction of sp³-hybridized carbons (Fsp3) is 0.500. The van der Waals surface area contributed by atoms with Gasteiger partial charge in [-0.2, -0.15) is 0 Å². The van der Waals surface area contributed by atoms with Gasteiger partial charge in [-0.25, -0.2) is 9.97 Å². The summed E-state index contributed by atoms with van der Waals surface area (Å²) in [4.78, 5) is 27.5. The zero-order valence-corrected chi connectivity index (χ0v) is 15.6. The second-order valence-electron chi connectivity index (χ2n) is 7.16. The summed E-state index contributed by atoms with van der Waals surface area (Å²) in [6, 6.07) is 3.93. The highest BCUT2D eigenvalue weighted by Gasteiger charge is 2.21. The number of carbonyl (C=O) groups is 1. The van der Waals surface area contributed by atoms with Gasteiger partial charge >= 0.3 is 0 Å². The molecule has 0 aliphatic carbocycles. The van der Waals surface area contributed by atoms with Crippen LogP contribution >= 0.6 is 0 Å². The average Bonchev–Trinajstić information content (AvgIpc) is 2.88. The molecule has 3 rings (SSSR count). The van der Waals surface area contributed by atoms with Crippen molar-refractivity contribution in [2.45, 2.75) is 39.5 Å². The standard InChI is InChI=1S/C20H27N5O/c1-15(2)13-22-20-17-7-11-25(12-8-18(17)23-14-24-20)19(26)4-3-16-5-9-21-10-6-16/h5-6,9-10,14-15H,3-4,7-8,11-13H2,1-2H3,(H,22,23,24). The SMILES string of the molecule is CC(C)CNc1ncnc2c1CCN(C(=O)CCc1ccncc1)CC2. The number of rotatable bonds is 6. The third kappa shape index (κ3) is 4.77. The Labute approximate surface area is 155 Å². The quantitative estimate of drug-likeness (QED) is 0.864. The van der Waals surface area contributed by atoms with E-state index in [9.17, 15) is 4.79 Å². The first kappa shape index (κ1) is 18.3. The Morgan fingerprint density at radius 2 is 1.96 bits per heavy atom. The average molecular weight is 353 g/mol. The maximum Gasteiger partial charge on any atom is 0.222 e. The van der Waals surface area contributed by atoms with Crippen LogP contribution < -0.4 is 5.32 Å². The van der Waals surface area contributed by atoms with Gasteiger partial charge in [0.05, 0.1) is 5.69 Å². The Kier molecular flexibility index (Phi) is 6.15. The molecule has 138 valence electrons. The highest BCUT2D eigenvalue weighted by atomic mass is 16.2. The van der Waals surface area contributed by atoms with Gasteiger partial charge in [0.25, 0.3) is 0 Å². The lowest BCUT2D eigenvalue weighted by molar-refractivity contribution is -0.131. The summed E-state index contributed by atoms with van der Waals surface area (Å²) in [5.41, 5.74) is 3.38. The number of anilines is 1. The predicted octanol–water partition coefficient (Wildman–Crippen LogP) is 2.50. The monoisotopic (exact) mass is 353 g/mol. The summed E-state index contributed by atoms with van der Waals surface area (Å²) in [7, 11) is 0. The molecule has 6 heteroatoms. The molecule has 0 saturated carbocycles. The zero-order chi connectivity index (χ0) is 18.4. The number of nitrogens with zero attached hydrogens (tertiary/aromatic N) is 4. The zero-order valence-electron chi connectivity index (χ0n) is 15.6. The largest absolute Gasteiger partial charge is 0.369 e. The van der Waals surface area contributed by atoms with Crippen LogP contribution in [-0.2, 0) is 24.1 Å². The highest BCUT2D eigenvalue weighted by molar-refractivity contribution is 5.76. The molecule has 1 N–H and O–H groups in total. The molecule has 1 aliphatic rings. The van der Waals surface area contributed by atoms with Crippen LogP contribution in [0, 0.1) is 5.92 Å². The third-order valence-corrected chi connectivity index (χ3v) is 4.69. The first-order chi connectivity index (χ1) is 12.6. The van der Waals surface area contributed by atoms with Crippen molar-refractivity contribution in [3.05, 3.63) is 47.7 Å². The van der Waals surface area contributed by atoms with Crippen LogP contribution in [0.15, 0.2) is 30.9 Å². The maximum atomic E-state index is 12.6. The number of aryl methyl sites for hydroxylation is 1. The molecule has 0 spiro atoms. The van der Waals surface area contributed by atoms with E-state index in [4.69, 9.17) is 0 Å². The van der Waals surface area contributed by atoms with Gasteiger partial charge in [-0.1, -0.05) is 13.8 Å². The van der Waals surface area contributed by atoms with E-state index in [1.807, 2.05) is 17.0 Å². The van der Waals surface area contributed by atoms with Crippen molar-refractivity contribution < 1.29 is 4.79 Å². The molecule has 3 heterocycles. The van der Waals surface area contributed by atoms with Crippen molar-refractivity contribution in [1.29, 1.82) is 0 Å². The molecule has 0 aromatic carbocycles. The Morgan fingerprint density at radius 3 is 2.73 bits per heavy atom. The summed E-state index contributed by atoms with van der Waals surface area (Å²) in [5, 5.41) is 3.43. The molecular formula is C20H27N5O. The van der Waals surface area contributed by atoms with Crippen molar-refractivity contribution in [3.63, 3.8) is 0 Å². The van der Waals surface area contributed by atoms with Crippen LogP contribution in [0.3, 0.4) is 0 Å². The fourth-order valence-electron chi connectivity index (χ4n) is 3.19. The van der Waals surface area contributed by atoms with Gasteiger partial charge in [0.2, 0.25) is 5.91 Å². The summed E-state index contributed by atoms with van der Waals surface area (Å²) in [5.74, 6) is 1.69. The smallest absolute Gasteiger partial charge is 0.222 e. The molecule has 0 unspecified atom stereocenters. The van der Waals surface area contributed by atoms with Gasteiger partial charge in [0.15, 0.2) is 0 Å². The van der Waals surface area contributed by atoms with E-state index in [0.29, 0.717) is 12.3 Å². The second-order valence-corrected chi connectivity index (χ2v) is 7.16. The van der Waals surface area contributed by atoms with Gasteiger partial charge in [0.1, 0.15) is 12.1 Å². The number of pyridine rings is 1. The van der Waals surface area contributed by atoms with Gasteiger partial charge in [-0.3, -0.25) is 9.78 Å². The molecule has 0 fully saturated rings. The van der Waals surface area contributed by atoms with E-state index in [2.05, 4.69) is 34.1 Å². The van der Waals surface area contributed by atoms with Gasteiger partial charge in [-0.05, 0) is 36.5 Å². The van der Waals surface area contributed by atoms with Crippen molar-refractivity contribution in [2.75, 3.05) is 25.0 Å². The second kappa shape index (κ2) is 8.74. The molecule has 0 saturated heterocycles. The summed E-state index contributed by atoms with van der Waals surface area (Å²) in [6.45, 7) is 6.69. The number of aromatic nitrogens is 3. The van der Waals surface area contributed by atoms with Crippen LogP contribution in [-0.4, -0.2) is 45.4 Å². The molecule has 0 atom stereocenters. The predicted molar refractivity (Wildman–Crippen MR) is 102 cm³/mol. The van der Waals surface area contributed by atoms with Crippen molar-refractivity contribution in [3.8, 4) is 0 Å². The van der Waals surface area contributed by atoms with E-state index in [-0.39, 0.29) is 5.91 Å².